The third kappa shape index (κ3) is 8.64. The minimum Gasteiger partial charge on any atom is -0.382 e. The molecule has 3 heterocycles. The van der Waals surface area contributed by atoms with Crippen molar-refractivity contribution in [1.82, 2.24) is 5.06 Å². The number of rotatable bonds is 17. The van der Waals surface area contributed by atoms with Crippen molar-refractivity contribution in [2.45, 2.75) is 95.3 Å². The fourth-order valence-corrected chi connectivity index (χ4v) is 7.90. The standard InChI is InChI=1S/C40H51N3O9S/c1-7-28-15-17-32-30(26-28)39(2,3)35(42(32)22-23-51-25-24-50-6)13-11-12-34-40(4,5)31-27-29(53(47,48)49)16-18-33(31)41(34)21-10-8-9-14-38(46)52-43-36(44)19-20-37(43)45/h11-13,15-18,26-27H,7-10,14,19-25H2,1-6H3/p+1. The van der Waals surface area contributed by atoms with Crippen LogP contribution in [0.3, 0.4) is 0 Å². The molecule has 0 bridgehead atoms. The van der Waals surface area contributed by atoms with Gasteiger partial charge in [0.2, 0.25) is 5.69 Å². The number of allylic oxidation sites excluding steroid dienone is 4. The second kappa shape index (κ2) is 16.5. The quantitative estimate of drug-likeness (QED) is 0.0894. The van der Waals surface area contributed by atoms with E-state index in [9.17, 15) is 27.4 Å². The lowest BCUT2D eigenvalue weighted by Gasteiger charge is -2.27. The van der Waals surface area contributed by atoms with Crippen molar-refractivity contribution in [3.8, 4) is 0 Å². The van der Waals surface area contributed by atoms with E-state index in [-0.39, 0.29) is 29.6 Å². The Morgan fingerprint density at radius 1 is 0.943 bits per heavy atom. The first-order valence-corrected chi connectivity index (χ1v) is 19.7. The summed E-state index contributed by atoms with van der Waals surface area (Å²) in [5, 5.41) is 0.569. The Morgan fingerprint density at radius 3 is 2.36 bits per heavy atom. The number of hydrogen-bond acceptors (Lipinski definition) is 9. The Hall–Kier alpha value is -4.17. The van der Waals surface area contributed by atoms with Crippen molar-refractivity contribution in [3.05, 3.63) is 77.0 Å². The zero-order chi connectivity index (χ0) is 38.6. The highest BCUT2D eigenvalue weighted by Gasteiger charge is 2.45. The number of amides is 2. The number of unbranched alkanes of at least 4 members (excludes halogenated alkanes) is 2. The Labute approximate surface area is 312 Å². The lowest BCUT2D eigenvalue weighted by molar-refractivity contribution is -0.438. The number of ether oxygens (including phenoxy) is 2. The number of imide groups is 1. The summed E-state index contributed by atoms with van der Waals surface area (Å²) < 4.78 is 47.3. The molecule has 2 aromatic rings. The van der Waals surface area contributed by atoms with Crippen LogP contribution in [0.2, 0.25) is 0 Å². The summed E-state index contributed by atoms with van der Waals surface area (Å²) in [4.78, 5) is 43.1. The maximum atomic E-state index is 12.3. The van der Waals surface area contributed by atoms with E-state index in [1.165, 1.54) is 17.2 Å². The van der Waals surface area contributed by atoms with E-state index >= 15 is 0 Å². The minimum absolute atomic E-state index is 0.0453. The minimum atomic E-state index is -4.42. The highest BCUT2D eigenvalue weighted by atomic mass is 32.2. The Kier molecular flexibility index (Phi) is 12.4. The molecular weight excluding hydrogens is 699 g/mol. The summed E-state index contributed by atoms with van der Waals surface area (Å²) in [6, 6.07) is 11.4. The normalized spacial score (nSPS) is 18.5. The lowest BCUT2D eigenvalue weighted by atomic mass is 9.81. The van der Waals surface area contributed by atoms with E-state index in [4.69, 9.17) is 14.3 Å². The summed E-state index contributed by atoms with van der Waals surface area (Å²) in [7, 11) is -2.76. The third-order valence-corrected chi connectivity index (χ3v) is 11.2. The van der Waals surface area contributed by atoms with Crippen LogP contribution in [0, 0.1) is 0 Å². The predicted molar refractivity (Wildman–Crippen MR) is 201 cm³/mol. The zero-order valence-electron chi connectivity index (χ0n) is 31.6. The number of benzene rings is 2. The molecule has 2 aromatic carbocycles. The van der Waals surface area contributed by atoms with Gasteiger partial charge in [-0.2, -0.15) is 13.0 Å². The number of carbonyl (C=O) groups excluding carboxylic acids is 3. The Bertz CT molecular complexity index is 1930. The largest absolute Gasteiger partial charge is 0.382 e. The smallest absolute Gasteiger partial charge is 0.333 e. The number of hydroxylamine groups is 2. The lowest BCUT2D eigenvalue weighted by Crippen LogP contribution is -2.31. The molecular formula is C40H52N3O9S+. The van der Waals surface area contributed by atoms with Crippen LogP contribution in [0.4, 0.5) is 11.4 Å². The first kappa shape index (κ1) is 40.0. The molecule has 3 aliphatic heterocycles. The first-order chi connectivity index (χ1) is 25.1. The van der Waals surface area contributed by atoms with Crippen LogP contribution < -0.4 is 4.90 Å². The van der Waals surface area contributed by atoms with Gasteiger partial charge < -0.3 is 19.2 Å². The zero-order valence-corrected chi connectivity index (χ0v) is 32.5. The molecule has 0 spiro atoms. The average molecular weight is 751 g/mol. The molecule has 1 fully saturated rings. The van der Waals surface area contributed by atoms with Gasteiger partial charge in [0.05, 0.1) is 30.1 Å². The second-order valence-electron chi connectivity index (χ2n) is 14.7. The van der Waals surface area contributed by atoms with Crippen LogP contribution in [-0.2, 0) is 56.1 Å². The number of aryl methyl sites for hydroxylation is 1. The number of carbonyl (C=O) groups is 3. The van der Waals surface area contributed by atoms with Crippen molar-refractivity contribution >= 4 is 45.0 Å². The average Bonchev–Trinajstić information content (AvgIpc) is 3.62. The van der Waals surface area contributed by atoms with Gasteiger partial charge in [0.15, 0.2) is 5.71 Å². The molecule has 0 atom stereocenters. The van der Waals surface area contributed by atoms with E-state index in [0.29, 0.717) is 57.2 Å². The molecule has 1 saturated heterocycles. The molecule has 2 amide bonds. The maximum Gasteiger partial charge on any atom is 0.333 e. The predicted octanol–water partition coefficient (Wildman–Crippen LogP) is 5.94. The number of fused-ring (bicyclic) bond motifs is 2. The van der Waals surface area contributed by atoms with Gasteiger partial charge in [-0.15, -0.1) is 5.06 Å². The number of hydrogen-bond donors (Lipinski definition) is 1. The SMILES string of the molecule is CCc1ccc2c(c1)C(C)(C)C(=CC=CC1=[N+](CCCCCC(=O)ON3C(=O)CCC3=O)c3ccc(S(=O)(=O)O)cc3C1(C)C)N2CCOCCOC. The van der Waals surface area contributed by atoms with Gasteiger partial charge in [-0.25, -0.2) is 4.79 Å². The molecule has 12 nitrogen and oxygen atoms in total. The summed E-state index contributed by atoms with van der Waals surface area (Å²) in [5.74, 6) is -1.64. The summed E-state index contributed by atoms with van der Waals surface area (Å²) in [5.41, 5.74) is 6.51. The van der Waals surface area contributed by atoms with E-state index in [2.05, 4.69) is 66.7 Å². The van der Waals surface area contributed by atoms with Crippen molar-refractivity contribution < 1.29 is 46.2 Å². The molecule has 13 heteroatoms. The molecule has 0 radical (unpaired) electrons. The summed E-state index contributed by atoms with van der Waals surface area (Å²) in [6.07, 6.45) is 9.23. The van der Waals surface area contributed by atoms with Crippen LogP contribution in [0.15, 0.2) is 65.2 Å². The molecule has 286 valence electrons. The highest BCUT2D eigenvalue weighted by Crippen LogP contribution is 2.48. The number of methoxy groups -OCH3 is 1. The molecule has 0 aromatic heterocycles. The van der Waals surface area contributed by atoms with Gasteiger partial charge in [-0.1, -0.05) is 39.0 Å². The van der Waals surface area contributed by atoms with Crippen LogP contribution >= 0.6 is 0 Å². The first-order valence-electron chi connectivity index (χ1n) is 18.3. The molecule has 0 aliphatic carbocycles. The summed E-state index contributed by atoms with van der Waals surface area (Å²) >= 11 is 0. The number of nitrogens with zero attached hydrogens (tertiary/aromatic N) is 3. The van der Waals surface area contributed by atoms with E-state index < -0.39 is 33.3 Å². The van der Waals surface area contributed by atoms with Gasteiger partial charge in [0.25, 0.3) is 21.9 Å². The van der Waals surface area contributed by atoms with Crippen LogP contribution in [-0.4, -0.2) is 86.1 Å². The van der Waals surface area contributed by atoms with Gasteiger partial charge >= 0.3 is 5.97 Å². The van der Waals surface area contributed by atoms with Crippen molar-refractivity contribution in [3.63, 3.8) is 0 Å². The summed E-state index contributed by atoms with van der Waals surface area (Å²) in [6.45, 7) is 13.5. The van der Waals surface area contributed by atoms with E-state index in [1.54, 1.807) is 19.2 Å². The van der Waals surface area contributed by atoms with E-state index in [1.807, 2.05) is 13.8 Å². The number of anilines is 1. The fraction of sp³-hybridized carbons (Fsp3) is 0.500. The Balaban J connectivity index is 1.40. The van der Waals surface area contributed by atoms with Gasteiger partial charge in [0.1, 0.15) is 6.54 Å². The van der Waals surface area contributed by atoms with Crippen LogP contribution in [0.5, 0.6) is 0 Å². The molecule has 0 unspecified atom stereocenters. The van der Waals surface area contributed by atoms with Gasteiger partial charge in [-0.3, -0.25) is 14.1 Å². The third-order valence-electron chi connectivity index (χ3n) is 10.4. The van der Waals surface area contributed by atoms with Crippen molar-refractivity contribution in [2.75, 3.05) is 44.9 Å². The molecule has 0 saturated carbocycles. The monoisotopic (exact) mass is 750 g/mol. The van der Waals surface area contributed by atoms with Crippen LogP contribution in [0.1, 0.15) is 89.8 Å². The molecule has 3 aliphatic rings. The molecule has 53 heavy (non-hydrogen) atoms. The van der Waals surface area contributed by atoms with Gasteiger partial charge in [0, 0.05) is 73.8 Å². The molecule has 1 N–H and O–H groups in total. The van der Waals surface area contributed by atoms with Crippen LogP contribution in [0.25, 0.3) is 0 Å². The molecule has 5 rings (SSSR count). The maximum absolute atomic E-state index is 12.3. The second-order valence-corrected chi connectivity index (χ2v) is 16.1. The Morgan fingerprint density at radius 2 is 1.68 bits per heavy atom. The topological polar surface area (TPSA) is 143 Å². The highest BCUT2D eigenvalue weighted by molar-refractivity contribution is 7.85. The van der Waals surface area contributed by atoms with Gasteiger partial charge in [-0.05, 0) is 68.5 Å². The van der Waals surface area contributed by atoms with Crippen molar-refractivity contribution in [1.29, 1.82) is 0 Å². The fourth-order valence-electron chi connectivity index (χ4n) is 7.39. The van der Waals surface area contributed by atoms with E-state index in [0.717, 1.165) is 34.8 Å². The van der Waals surface area contributed by atoms with Crippen molar-refractivity contribution in [2.24, 2.45) is 0 Å².